The van der Waals surface area contributed by atoms with Crippen molar-refractivity contribution in [1.29, 1.82) is 0 Å². The Balaban J connectivity index is 2.81. The van der Waals surface area contributed by atoms with E-state index >= 15 is 0 Å². The minimum Gasteiger partial charge on any atom is -0.314 e. The Bertz CT molecular complexity index is 61.5. The Kier molecular flexibility index (Phi) is 4.61. The first-order valence-electron chi connectivity index (χ1n) is 2.78. The van der Waals surface area contributed by atoms with Crippen molar-refractivity contribution in [1.82, 2.24) is 5.06 Å². The first-order chi connectivity index (χ1) is 3.77. The third-order valence-electron chi connectivity index (χ3n) is 0.890. The monoisotopic (exact) mass is 115 g/mol. The summed E-state index contributed by atoms with van der Waals surface area (Å²) < 4.78 is 0. The second kappa shape index (κ2) is 4.81. The lowest BCUT2D eigenvalue weighted by molar-refractivity contribution is -0.0649. The van der Waals surface area contributed by atoms with Gasteiger partial charge in [-0.15, -0.1) is 6.58 Å². The zero-order chi connectivity index (χ0) is 6.41. The standard InChI is InChI=1S/C6H13NO/c1-3-4-5-6-7(2)8/h3,8H,1,4-6H2,2H3. The second-order valence-corrected chi connectivity index (χ2v) is 1.81. The summed E-state index contributed by atoms with van der Waals surface area (Å²) >= 11 is 0. The molecular formula is C6H13NO. The number of hydrogen-bond acceptors (Lipinski definition) is 2. The molecule has 0 bridgehead atoms. The molecule has 0 aliphatic carbocycles. The van der Waals surface area contributed by atoms with Gasteiger partial charge in [0.1, 0.15) is 0 Å². The van der Waals surface area contributed by atoms with E-state index in [0.29, 0.717) is 0 Å². The van der Waals surface area contributed by atoms with Gasteiger partial charge >= 0.3 is 0 Å². The maximum Gasteiger partial charge on any atom is 0.0237 e. The number of nitrogens with zero attached hydrogens (tertiary/aromatic N) is 1. The van der Waals surface area contributed by atoms with Crippen LogP contribution in [-0.2, 0) is 0 Å². The molecule has 0 rings (SSSR count). The molecule has 0 amide bonds. The van der Waals surface area contributed by atoms with Gasteiger partial charge in [0.2, 0.25) is 0 Å². The Hall–Kier alpha value is -0.340. The van der Waals surface area contributed by atoms with Gasteiger partial charge in [-0.25, -0.2) is 0 Å². The molecule has 8 heavy (non-hydrogen) atoms. The van der Waals surface area contributed by atoms with Crippen LogP contribution >= 0.6 is 0 Å². The number of hydrogen-bond donors (Lipinski definition) is 1. The van der Waals surface area contributed by atoms with E-state index in [4.69, 9.17) is 5.21 Å². The molecule has 0 atom stereocenters. The molecule has 0 heterocycles. The van der Waals surface area contributed by atoms with Crippen LogP contribution in [0, 0.1) is 0 Å². The Morgan fingerprint density at radius 1 is 1.75 bits per heavy atom. The Labute approximate surface area is 50.4 Å². The van der Waals surface area contributed by atoms with Gasteiger partial charge in [0.05, 0.1) is 0 Å². The molecule has 0 aromatic rings. The topological polar surface area (TPSA) is 23.5 Å². The lowest BCUT2D eigenvalue weighted by Gasteiger charge is -2.04. The van der Waals surface area contributed by atoms with E-state index in [-0.39, 0.29) is 0 Å². The molecule has 2 heteroatoms. The fraction of sp³-hybridized carbons (Fsp3) is 0.667. The largest absolute Gasteiger partial charge is 0.314 e. The highest BCUT2D eigenvalue weighted by molar-refractivity contribution is 4.65. The van der Waals surface area contributed by atoms with Crippen molar-refractivity contribution in [3.05, 3.63) is 12.7 Å². The molecule has 1 N–H and O–H groups in total. The van der Waals surface area contributed by atoms with E-state index in [1.807, 2.05) is 6.08 Å². The van der Waals surface area contributed by atoms with Gasteiger partial charge in [-0.3, -0.25) is 0 Å². The van der Waals surface area contributed by atoms with Crippen LogP contribution in [0.3, 0.4) is 0 Å². The van der Waals surface area contributed by atoms with Crippen LogP contribution in [0.2, 0.25) is 0 Å². The Morgan fingerprint density at radius 2 is 2.38 bits per heavy atom. The van der Waals surface area contributed by atoms with E-state index < -0.39 is 0 Å². The molecule has 0 aromatic heterocycles. The van der Waals surface area contributed by atoms with Crippen LogP contribution in [0.4, 0.5) is 0 Å². The quantitative estimate of drug-likeness (QED) is 0.339. The van der Waals surface area contributed by atoms with Gasteiger partial charge in [-0.2, -0.15) is 5.06 Å². The van der Waals surface area contributed by atoms with Gasteiger partial charge in [-0.1, -0.05) is 6.08 Å². The lowest BCUT2D eigenvalue weighted by atomic mass is 10.3. The highest BCUT2D eigenvalue weighted by Crippen LogP contribution is 1.88. The number of rotatable bonds is 4. The van der Waals surface area contributed by atoms with Crippen molar-refractivity contribution in [2.45, 2.75) is 12.8 Å². The van der Waals surface area contributed by atoms with Crippen molar-refractivity contribution >= 4 is 0 Å². The van der Waals surface area contributed by atoms with Crippen LogP contribution in [0.25, 0.3) is 0 Å². The van der Waals surface area contributed by atoms with E-state index in [1.165, 1.54) is 5.06 Å². The molecule has 0 spiro atoms. The van der Waals surface area contributed by atoms with Crippen LogP contribution in [0.5, 0.6) is 0 Å². The third-order valence-corrected chi connectivity index (χ3v) is 0.890. The zero-order valence-corrected chi connectivity index (χ0v) is 5.30. The maximum absolute atomic E-state index is 8.58. The summed E-state index contributed by atoms with van der Waals surface area (Å²) in [5, 5.41) is 9.76. The molecular weight excluding hydrogens is 102 g/mol. The van der Waals surface area contributed by atoms with Crippen LogP contribution in [-0.4, -0.2) is 23.9 Å². The van der Waals surface area contributed by atoms with Crippen LogP contribution < -0.4 is 0 Å². The van der Waals surface area contributed by atoms with Crippen LogP contribution in [0.1, 0.15) is 12.8 Å². The van der Waals surface area contributed by atoms with Gasteiger partial charge in [-0.05, 0) is 12.8 Å². The summed E-state index contributed by atoms with van der Waals surface area (Å²) in [6.45, 7) is 4.29. The minimum atomic E-state index is 0.728. The average Bonchev–Trinajstić information content (AvgIpc) is 1.66. The van der Waals surface area contributed by atoms with Crippen molar-refractivity contribution in [3.63, 3.8) is 0 Å². The number of unbranched alkanes of at least 4 members (excludes halogenated alkanes) is 1. The summed E-state index contributed by atoms with van der Waals surface area (Å²) in [5.41, 5.74) is 0. The zero-order valence-electron chi connectivity index (χ0n) is 5.30. The molecule has 48 valence electrons. The van der Waals surface area contributed by atoms with Crippen molar-refractivity contribution in [2.24, 2.45) is 0 Å². The average molecular weight is 115 g/mol. The van der Waals surface area contributed by atoms with Crippen molar-refractivity contribution in [2.75, 3.05) is 13.6 Å². The summed E-state index contributed by atoms with van der Waals surface area (Å²) in [6.07, 6.45) is 3.81. The fourth-order valence-electron chi connectivity index (χ4n) is 0.464. The summed E-state index contributed by atoms with van der Waals surface area (Å²) in [7, 11) is 1.64. The SMILES string of the molecule is C=CCCCN(C)O. The molecule has 0 fully saturated rings. The van der Waals surface area contributed by atoms with Crippen molar-refractivity contribution < 1.29 is 5.21 Å². The van der Waals surface area contributed by atoms with E-state index in [1.54, 1.807) is 7.05 Å². The minimum absolute atomic E-state index is 0.728. The first-order valence-corrected chi connectivity index (χ1v) is 2.78. The molecule has 0 aliphatic heterocycles. The lowest BCUT2D eigenvalue weighted by Crippen LogP contribution is -2.13. The highest BCUT2D eigenvalue weighted by Gasteiger charge is 1.86. The molecule has 0 saturated heterocycles. The first kappa shape index (κ1) is 7.66. The van der Waals surface area contributed by atoms with Gasteiger partial charge in [0.15, 0.2) is 0 Å². The van der Waals surface area contributed by atoms with E-state index in [2.05, 4.69) is 6.58 Å². The number of allylic oxidation sites excluding steroid dienone is 1. The highest BCUT2D eigenvalue weighted by atomic mass is 16.5. The van der Waals surface area contributed by atoms with Gasteiger partial charge in [0.25, 0.3) is 0 Å². The summed E-state index contributed by atoms with van der Waals surface area (Å²) in [4.78, 5) is 0. The fourth-order valence-corrected chi connectivity index (χ4v) is 0.464. The molecule has 0 saturated carbocycles. The Morgan fingerprint density at radius 3 is 2.75 bits per heavy atom. The molecule has 0 aromatic carbocycles. The molecule has 2 nitrogen and oxygen atoms in total. The molecule has 0 aliphatic rings. The third kappa shape index (κ3) is 5.66. The summed E-state index contributed by atoms with van der Waals surface area (Å²) in [5.74, 6) is 0. The normalized spacial score (nSPS) is 9.88. The second-order valence-electron chi connectivity index (χ2n) is 1.81. The number of hydroxylamine groups is 2. The smallest absolute Gasteiger partial charge is 0.0237 e. The maximum atomic E-state index is 8.58. The van der Waals surface area contributed by atoms with Gasteiger partial charge in [0, 0.05) is 13.6 Å². The van der Waals surface area contributed by atoms with E-state index in [0.717, 1.165) is 19.4 Å². The van der Waals surface area contributed by atoms with Crippen LogP contribution in [0.15, 0.2) is 12.7 Å². The van der Waals surface area contributed by atoms with Gasteiger partial charge < -0.3 is 5.21 Å². The van der Waals surface area contributed by atoms with Crippen molar-refractivity contribution in [3.8, 4) is 0 Å². The summed E-state index contributed by atoms with van der Waals surface area (Å²) in [6, 6.07) is 0. The predicted octanol–water partition coefficient (Wildman–Crippen LogP) is 1.27. The predicted molar refractivity (Wildman–Crippen MR) is 33.8 cm³/mol. The van der Waals surface area contributed by atoms with E-state index in [9.17, 15) is 0 Å². The molecule has 0 radical (unpaired) electrons. The molecule has 0 unspecified atom stereocenters.